The van der Waals surface area contributed by atoms with Gasteiger partial charge in [0.25, 0.3) is 0 Å². The maximum atomic E-state index is 10.3. The number of thiol groups is 2. The zero-order valence-corrected chi connectivity index (χ0v) is 12.1. The summed E-state index contributed by atoms with van der Waals surface area (Å²) in [6.07, 6.45) is 0. The second-order valence-corrected chi connectivity index (χ2v) is 3.11. The van der Waals surface area contributed by atoms with Crippen molar-refractivity contribution in [2.45, 2.75) is 0 Å². The van der Waals surface area contributed by atoms with E-state index in [1.54, 1.807) is 0 Å². The number of ether oxygens (including phenoxy) is 1. The number of nitrogens with one attached hydrogen (secondary N) is 1. The number of rotatable bonds is 5. The van der Waals surface area contributed by atoms with Crippen molar-refractivity contribution in [2.75, 3.05) is 44.9 Å². The van der Waals surface area contributed by atoms with Crippen molar-refractivity contribution in [3.63, 3.8) is 0 Å². The maximum absolute atomic E-state index is 10.3. The Morgan fingerprint density at radius 3 is 1.89 bits per heavy atom. The number of hydrogen-bond donors (Lipinski definition) is 6. The Morgan fingerprint density at radius 1 is 1.22 bits per heavy atom. The second-order valence-electron chi connectivity index (χ2n) is 2.48. The smallest absolute Gasteiger partial charge is 0.315 e. The number of amides is 1. The highest BCUT2D eigenvalue weighted by molar-refractivity contribution is 7.81. The number of esters is 1. The molecule has 0 saturated carbocycles. The van der Waals surface area contributed by atoms with Crippen LogP contribution in [0.4, 0.5) is 0 Å². The lowest BCUT2D eigenvalue weighted by molar-refractivity contribution is -0.137. The molecule has 0 aromatic heterocycles. The maximum Gasteiger partial charge on any atom is 0.315 e. The van der Waals surface area contributed by atoms with Crippen molar-refractivity contribution >= 4 is 37.1 Å². The quantitative estimate of drug-likeness (QED) is 0.259. The van der Waals surface area contributed by atoms with Gasteiger partial charge < -0.3 is 26.0 Å². The van der Waals surface area contributed by atoms with Crippen LogP contribution >= 0.6 is 25.3 Å². The average Bonchev–Trinajstić information content (AvgIpc) is 2.44. The molecule has 0 aliphatic carbocycles. The highest BCUT2D eigenvalue weighted by Crippen LogP contribution is 1.74. The summed E-state index contributed by atoms with van der Waals surface area (Å²) in [5, 5.41) is 18.3. The van der Waals surface area contributed by atoms with E-state index in [1.165, 1.54) is 7.11 Å². The van der Waals surface area contributed by atoms with Gasteiger partial charge in [0.2, 0.25) is 5.91 Å². The van der Waals surface area contributed by atoms with Crippen molar-refractivity contribution in [2.24, 2.45) is 5.73 Å². The SMILES string of the molecule is COC(=O)CS.NCCO.O=C(CS)NCCO. The molecule has 5 N–H and O–H groups in total. The van der Waals surface area contributed by atoms with Gasteiger partial charge in [0.15, 0.2) is 0 Å². The Morgan fingerprint density at radius 2 is 1.72 bits per heavy atom. The first-order valence-electron chi connectivity index (χ1n) is 5.00. The average molecular weight is 302 g/mol. The molecule has 0 saturated heterocycles. The predicted octanol–water partition coefficient (Wildman–Crippen LogP) is -1.95. The molecule has 0 aromatic rings. The lowest BCUT2D eigenvalue weighted by Crippen LogP contribution is -2.27. The molecule has 0 heterocycles. The molecule has 0 spiro atoms. The van der Waals surface area contributed by atoms with Crippen LogP contribution in [0.3, 0.4) is 0 Å². The molecule has 1 amide bonds. The van der Waals surface area contributed by atoms with Crippen molar-refractivity contribution in [1.29, 1.82) is 0 Å². The Labute approximate surface area is 118 Å². The van der Waals surface area contributed by atoms with Crippen molar-refractivity contribution in [3.8, 4) is 0 Å². The number of aliphatic hydroxyl groups is 2. The molecule has 7 nitrogen and oxygen atoms in total. The van der Waals surface area contributed by atoms with Crippen LogP contribution in [0, 0.1) is 0 Å². The van der Waals surface area contributed by atoms with E-state index in [9.17, 15) is 9.59 Å². The molecule has 0 fully saturated rings. The highest BCUT2D eigenvalue weighted by Gasteiger charge is 1.91. The van der Waals surface area contributed by atoms with E-state index in [0.29, 0.717) is 13.1 Å². The predicted molar refractivity (Wildman–Crippen MR) is 76.0 cm³/mol. The molecule has 0 unspecified atom stereocenters. The molecule has 0 bridgehead atoms. The summed E-state index contributed by atoms with van der Waals surface area (Å²) in [6, 6.07) is 0. The fourth-order valence-electron chi connectivity index (χ4n) is 0.316. The largest absolute Gasteiger partial charge is 0.468 e. The number of methoxy groups -OCH3 is 1. The van der Waals surface area contributed by atoms with Gasteiger partial charge in [-0.05, 0) is 0 Å². The van der Waals surface area contributed by atoms with Crippen LogP contribution in [0.1, 0.15) is 0 Å². The Bertz CT molecular complexity index is 188. The summed E-state index contributed by atoms with van der Waals surface area (Å²) in [7, 11) is 1.33. The van der Waals surface area contributed by atoms with Crippen LogP contribution in [0.2, 0.25) is 0 Å². The lowest BCUT2D eigenvalue weighted by Gasteiger charge is -1.96. The second kappa shape index (κ2) is 21.8. The summed E-state index contributed by atoms with van der Waals surface area (Å²) in [4.78, 5) is 20.2. The highest BCUT2D eigenvalue weighted by atomic mass is 32.1. The third kappa shape index (κ3) is 29.6. The van der Waals surface area contributed by atoms with Crippen LogP contribution in [0.15, 0.2) is 0 Å². The van der Waals surface area contributed by atoms with E-state index in [-0.39, 0.29) is 36.6 Å². The number of nitrogens with two attached hydrogens (primary N) is 1. The molecule has 0 aliphatic rings. The van der Waals surface area contributed by atoms with Gasteiger partial charge in [-0.3, -0.25) is 9.59 Å². The van der Waals surface area contributed by atoms with E-state index in [1.807, 2.05) is 0 Å². The lowest BCUT2D eigenvalue weighted by atomic mass is 10.6. The molecular formula is C9H22N2O5S2. The van der Waals surface area contributed by atoms with E-state index < -0.39 is 0 Å². The van der Waals surface area contributed by atoms with E-state index in [4.69, 9.17) is 15.9 Å². The molecule has 0 aliphatic heterocycles. The molecule has 0 radical (unpaired) electrons. The van der Waals surface area contributed by atoms with Crippen LogP contribution in [0.5, 0.6) is 0 Å². The van der Waals surface area contributed by atoms with Crippen LogP contribution in [0.25, 0.3) is 0 Å². The van der Waals surface area contributed by atoms with Crippen molar-refractivity contribution in [1.82, 2.24) is 5.32 Å². The van der Waals surface area contributed by atoms with E-state index in [2.05, 4.69) is 35.3 Å². The van der Waals surface area contributed by atoms with Gasteiger partial charge in [-0.2, -0.15) is 25.3 Å². The van der Waals surface area contributed by atoms with E-state index >= 15 is 0 Å². The van der Waals surface area contributed by atoms with Gasteiger partial charge in [0.1, 0.15) is 0 Å². The molecule has 0 atom stereocenters. The normalized spacial score (nSPS) is 8.11. The van der Waals surface area contributed by atoms with Crippen LogP contribution in [-0.4, -0.2) is 67.0 Å². The molecule has 0 aromatic carbocycles. The van der Waals surface area contributed by atoms with Crippen molar-refractivity contribution in [3.05, 3.63) is 0 Å². The number of carbonyl (C=O) groups excluding carboxylic acids is 2. The third-order valence-electron chi connectivity index (χ3n) is 1.06. The summed E-state index contributed by atoms with van der Waals surface area (Å²) >= 11 is 7.32. The third-order valence-corrected chi connectivity index (χ3v) is 1.61. The van der Waals surface area contributed by atoms with Gasteiger partial charge in [-0.25, -0.2) is 0 Å². The fraction of sp³-hybridized carbons (Fsp3) is 0.778. The summed E-state index contributed by atoms with van der Waals surface area (Å²) < 4.78 is 4.18. The minimum absolute atomic E-state index is 0.0144. The number of hydrogen-bond acceptors (Lipinski definition) is 8. The van der Waals surface area contributed by atoms with E-state index in [0.717, 1.165) is 0 Å². The Kier molecular flexibility index (Phi) is 27.4. The minimum Gasteiger partial charge on any atom is -0.468 e. The number of aliphatic hydroxyl groups excluding tert-OH is 2. The van der Waals surface area contributed by atoms with Gasteiger partial charge in [0.05, 0.1) is 31.8 Å². The Balaban J connectivity index is -0.000000200. The zero-order valence-electron chi connectivity index (χ0n) is 10.3. The molecule has 9 heteroatoms. The van der Waals surface area contributed by atoms with Gasteiger partial charge in [-0.1, -0.05) is 0 Å². The van der Waals surface area contributed by atoms with Gasteiger partial charge >= 0.3 is 5.97 Å². The van der Waals surface area contributed by atoms with Crippen LogP contribution in [-0.2, 0) is 14.3 Å². The summed E-state index contributed by atoms with van der Waals surface area (Å²) in [5.41, 5.74) is 4.78. The topological polar surface area (TPSA) is 122 Å². The summed E-state index contributed by atoms with van der Waals surface area (Å²) in [5.74, 6) is -0.100. The molecule has 110 valence electrons. The first-order valence-corrected chi connectivity index (χ1v) is 6.27. The number of carbonyl (C=O) groups is 2. The van der Waals surface area contributed by atoms with Gasteiger partial charge in [0, 0.05) is 13.1 Å². The van der Waals surface area contributed by atoms with Gasteiger partial charge in [-0.15, -0.1) is 0 Å². The zero-order chi connectivity index (χ0) is 14.8. The Hall–Kier alpha value is -0.480. The molecule has 0 rings (SSSR count). The fourth-order valence-corrected chi connectivity index (χ4v) is 0.557. The van der Waals surface area contributed by atoms with Crippen LogP contribution < -0.4 is 11.1 Å². The minimum atomic E-state index is -0.293. The standard InChI is InChI=1S/C4H9NO2S.C3H6O2S.C2H7NO/c6-2-1-5-4(7)3-8;1-5-3(4)2-6;3-1-2-4/h6,8H,1-3H2,(H,5,7);6H,2H2,1H3;4H,1-3H2. The summed E-state index contributed by atoms with van der Waals surface area (Å²) in [6.45, 7) is 0.777. The molecule has 18 heavy (non-hydrogen) atoms. The first kappa shape index (κ1) is 22.7. The molecular weight excluding hydrogens is 280 g/mol. The first-order chi connectivity index (χ1) is 8.53. The van der Waals surface area contributed by atoms with Crippen molar-refractivity contribution < 1.29 is 24.5 Å². The monoisotopic (exact) mass is 302 g/mol.